The van der Waals surface area contributed by atoms with Crippen molar-refractivity contribution in [3.8, 4) is 11.4 Å². The summed E-state index contributed by atoms with van der Waals surface area (Å²) in [5.41, 5.74) is 2.01. The Morgan fingerprint density at radius 1 is 1.22 bits per heavy atom. The van der Waals surface area contributed by atoms with Crippen molar-refractivity contribution in [3.63, 3.8) is 0 Å². The second-order valence-corrected chi connectivity index (χ2v) is 8.59. The van der Waals surface area contributed by atoms with Crippen LogP contribution in [0.3, 0.4) is 0 Å². The van der Waals surface area contributed by atoms with Gasteiger partial charge in [-0.2, -0.15) is 0 Å². The van der Waals surface area contributed by atoms with Crippen LogP contribution >= 0.6 is 23.4 Å². The van der Waals surface area contributed by atoms with Crippen molar-refractivity contribution in [1.29, 1.82) is 0 Å². The van der Waals surface area contributed by atoms with Crippen LogP contribution in [0.1, 0.15) is 11.3 Å². The van der Waals surface area contributed by atoms with Gasteiger partial charge in [0.05, 0.1) is 27.3 Å². The first-order valence-electron chi connectivity index (χ1n) is 8.15. The standard InChI is InChI=1S/C20H18ClFN2OS2/c1-26-18(27(2)25)12-17-19(21)23-20(14-8-4-3-5-9-14)24(17)13-15-10-6-7-11-16(15)22/h3-12H,13H2,1-2H3/b18-12+. The second kappa shape index (κ2) is 8.87. The summed E-state index contributed by atoms with van der Waals surface area (Å²) in [4.78, 5) is 4.51. The number of halogens is 2. The van der Waals surface area contributed by atoms with Crippen LogP contribution in [0.15, 0.2) is 58.8 Å². The molecular weight excluding hydrogens is 403 g/mol. The minimum absolute atomic E-state index is 0.264. The Hall–Kier alpha value is -1.89. The number of hydrogen-bond donors (Lipinski definition) is 0. The molecule has 0 spiro atoms. The van der Waals surface area contributed by atoms with E-state index in [1.54, 1.807) is 30.5 Å². The molecule has 1 heterocycles. The van der Waals surface area contributed by atoms with E-state index in [4.69, 9.17) is 11.6 Å². The molecule has 0 saturated carbocycles. The third kappa shape index (κ3) is 4.51. The van der Waals surface area contributed by atoms with Gasteiger partial charge in [-0.1, -0.05) is 60.1 Å². The van der Waals surface area contributed by atoms with Crippen LogP contribution in [0, 0.1) is 5.82 Å². The van der Waals surface area contributed by atoms with Gasteiger partial charge in [0, 0.05) is 17.4 Å². The van der Waals surface area contributed by atoms with Gasteiger partial charge < -0.3 is 4.57 Å². The van der Waals surface area contributed by atoms with Gasteiger partial charge in [0.25, 0.3) is 0 Å². The summed E-state index contributed by atoms with van der Waals surface area (Å²) >= 11 is 7.83. The van der Waals surface area contributed by atoms with E-state index in [1.807, 2.05) is 41.2 Å². The molecule has 2 aromatic carbocycles. The number of thioether (sulfide) groups is 1. The molecular formula is C20H18ClFN2OS2. The number of aromatic nitrogens is 2. The number of benzene rings is 2. The summed E-state index contributed by atoms with van der Waals surface area (Å²) in [6, 6.07) is 16.2. The lowest BCUT2D eigenvalue weighted by atomic mass is 10.2. The fourth-order valence-electron chi connectivity index (χ4n) is 2.71. The summed E-state index contributed by atoms with van der Waals surface area (Å²) < 4.78 is 28.8. The van der Waals surface area contributed by atoms with Gasteiger partial charge in [-0.25, -0.2) is 9.37 Å². The van der Waals surface area contributed by atoms with Crippen molar-refractivity contribution in [2.75, 3.05) is 12.5 Å². The Balaban J connectivity index is 2.20. The van der Waals surface area contributed by atoms with Crippen molar-refractivity contribution >= 4 is 40.2 Å². The van der Waals surface area contributed by atoms with Crippen LogP contribution in [-0.4, -0.2) is 26.3 Å². The summed E-state index contributed by atoms with van der Waals surface area (Å²) in [6.45, 7) is 0.264. The maximum absolute atomic E-state index is 14.3. The molecule has 0 bridgehead atoms. The highest BCUT2D eigenvalue weighted by molar-refractivity contribution is 8.16. The average molecular weight is 421 g/mol. The zero-order valence-corrected chi connectivity index (χ0v) is 17.2. The smallest absolute Gasteiger partial charge is 0.155 e. The van der Waals surface area contributed by atoms with Crippen molar-refractivity contribution < 1.29 is 8.60 Å². The summed E-state index contributed by atoms with van der Waals surface area (Å²) in [5.74, 6) is 0.345. The largest absolute Gasteiger partial charge is 0.319 e. The van der Waals surface area contributed by atoms with E-state index in [9.17, 15) is 8.60 Å². The van der Waals surface area contributed by atoms with Crippen LogP contribution in [0.25, 0.3) is 17.5 Å². The van der Waals surface area contributed by atoms with Crippen LogP contribution in [0.2, 0.25) is 5.15 Å². The van der Waals surface area contributed by atoms with Crippen molar-refractivity contribution in [3.05, 3.63) is 81.1 Å². The molecule has 1 atom stereocenters. The highest BCUT2D eigenvalue weighted by Crippen LogP contribution is 2.30. The van der Waals surface area contributed by atoms with Crippen LogP contribution in [0.5, 0.6) is 0 Å². The Bertz CT molecular complexity index is 1000. The summed E-state index contributed by atoms with van der Waals surface area (Å²) in [7, 11) is -1.16. The molecule has 0 radical (unpaired) electrons. The maximum atomic E-state index is 14.3. The third-order valence-electron chi connectivity index (χ3n) is 4.02. The quantitative estimate of drug-likeness (QED) is 0.533. The van der Waals surface area contributed by atoms with Gasteiger partial charge in [-0.15, -0.1) is 11.8 Å². The van der Waals surface area contributed by atoms with Crippen molar-refractivity contribution in [2.24, 2.45) is 0 Å². The predicted octanol–water partition coefficient (Wildman–Crippen LogP) is 5.43. The van der Waals surface area contributed by atoms with E-state index < -0.39 is 10.8 Å². The number of imidazole rings is 1. The third-order valence-corrected chi connectivity index (χ3v) is 6.71. The molecule has 0 aliphatic rings. The molecule has 7 heteroatoms. The fraction of sp³-hybridized carbons (Fsp3) is 0.150. The number of rotatable bonds is 6. The van der Waals surface area contributed by atoms with Crippen LogP contribution < -0.4 is 0 Å². The van der Waals surface area contributed by atoms with Crippen LogP contribution in [0.4, 0.5) is 4.39 Å². The zero-order chi connectivity index (χ0) is 19.4. The SMILES string of the molecule is CS/C(=C\c1c(Cl)nc(-c2ccccc2)n1Cc1ccccc1F)S(C)=O. The Labute approximate surface area is 169 Å². The fourth-order valence-corrected chi connectivity index (χ4v) is 4.39. The molecule has 0 saturated heterocycles. The van der Waals surface area contributed by atoms with E-state index in [0.717, 1.165) is 5.56 Å². The maximum Gasteiger partial charge on any atom is 0.155 e. The van der Waals surface area contributed by atoms with E-state index in [2.05, 4.69) is 4.98 Å². The molecule has 3 aromatic rings. The number of nitrogens with zero attached hydrogens (tertiary/aromatic N) is 2. The van der Waals surface area contributed by atoms with Gasteiger partial charge in [-0.05, 0) is 18.4 Å². The van der Waals surface area contributed by atoms with Gasteiger partial charge in [0.1, 0.15) is 11.6 Å². The lowest BCUT2D eigenvalue weighted by Gasteiger charge is -2.12. The second-order valence-electron chi connectivity index (χ2n) is 5.78. The van der Waals surface area contributed by atoms with E-state index in [-0.39, 0.29) is 12.4 Å². The molecule has 0 aliphatic carbocycles. The molecule has 140 valence electrons. The lowest BCUT2D eigenvalue weighted by Crippen LogP contribution is -2.06. The minimum atomic E-state index is -1.16. The normalized spacial score (nSPS) is 13.0. The average Bonchev–Trinajstić information content (AvgIpc) is 2.97. The van der Waals surface area contributed by atoms with E-state index in [0.29, 0.717) is 26.5 Å². The summed E-state index contributed by atoms with van der Waals surface area (Å²) in [5, 5.41) is 0.294. The molecule has 0 N–H and O–H groups in total. The van der Waals surface area contributed by atoms with Gasteiger partial charge in [0.2, 0.25) is 0 Å². The molecule has 27 heavy (non-hydrogen) atoms. The monoisotopic (exact) mass is 420 g/mol. The first kappa shape index (κ1) is 19.9. The molecule has 3 nitrogen and oxygen atoms in total. The molecule has 1 aromatic heterocycles. The molecule has 3 rings (SSSR count). The van der Waals surface area contributed by atoms with Gasteiger partial charge in [0.15, 0.2) is 5.15 Å². The Morgan fingerprint density at radius 2 is 1.89 bits per heavy atom. The van der Waals surface area contributed by atoms with E-state index >= 15 is 0 Å². The summed E-state index contributed by atoms with van der Waals surface area (Å²) in [6.07, 6.45) is 5.24. The van der Waals surface area contributed by atoms with Gasteiger partial charge in [-0.3, -0.25) is 4.21 Å². The van der Waals surface area contributed by atoms with Crippen molar-refractivity contribution in [2.45, 2.75) is 6.54 Å². The zero-order valence-electron chi connectivity index (χ0n) is 14.9. The molecule has 0 amide bonds. The molecule has 0 aliphatic heterocycles. The highest BCUT2D eigenvalue weighted by Gasteiger charge is 2.18. The Morgan fingerprint density at radius 3 is 2.52 bits per heavy atom. The molecule has 1 unspecified atom stereocenters. The highest BCUT2D eigenvalue weighted by atomic mass is 35.5. The van der Waals surface area contributed by atoms with Crippen LogP contribution in [-0.2, 0) is 17.3 Å². The first-order chi connectivity index (χ1) is 13.0. The minimum Gasteiger partial charge on any atom is -0.319 e. The molecule has 0 fully saturated rings. The van der Waals surface area contributed by atoms with E-state index in [1.165, 1.54) is 17.8 Å². The first-order valence-corrected chi connectivity index (χ1v) is 11.3. The topological polar surface area (TPSA) is 34.9 Å². The predicted molar refractivity (Wildman–Crippen MR) is 114 cm³/mol. The van der Waals surface area contributed by atoms with Gasteiger partial charge >= 0.3 is 0 Å². The number of hydrogen-bond acceptors (Lipinski definition) is 3. The van der Waals surface area contributed by atoms with Crippen molar-refractivity contribution in [1.82, 2.24) is 9.55 Å². The Kier molecular flexibility index (Phi) is 6.52. The lowest BCUT2D eigenvalue weighted by molar-refractivity contribution is 0.600.